The maximum atomic E-state index is 13.0. The molecule has 1 aliphatic carbocycles. The molecule has 2 heterocycles. The Morgan fingerprint density at radius 2 is 1.97 bits per heavy atom. The van der Waals surface area contributed by atoms with E-state index in [1.54, 1.807) is 24.0 Å². The summed E-state index contributed by atoms with van der Waals surface area (Å²) in [6, 6.07) is 9.21. The first kappa shape index (κ1) is 19.8. The van der Waals surface area contributed by atoms with Gasteiger partial charge < -0.3 is 19.5 Å². The molecular weight excluding hydrogens is 394 g/mol. The molecule has 1 aromatic heterocycles. The molecule has 1 aliphatic heterocycles. The molecule has 2 aromatic rings. The molecule has 0 radical (unpaired) electrons. The van der Waals surface area contributed by atoms with Crippen molar-refractivity contribution in [2.24, 2.45) is 0 Å². The lowest BCUT2D eigenvalue weighted by Gasteiger charge is -2.32. The van der Waals surface area contributed by atoms with Crippen LogP contribution < -0.4 is 5.32 Å². The second-order valence-electron chi connectivity index (χ2n) is 7.60. The number of ether oxygens (including phenoxy) is 1. The van der Waals surface area contributed by atoms with E-state index in [0.717, 1.165) is 31.2 Å². The van der Waals surface area contributed by atoms with E-state index in [4.69, 9.17) is 20.9 Å². The van der Waals surface area contributed by atoms with Crippen molar-refractivity contribution in [3.63, 3.8) is 0 Å². The molecule has 154 valence electrons. The number of aromatic nitrogens is 1. The smallest absolute Gasteiger partial charge is 0.409 e. The van der Waals surface area contributed by atoms with Gasteiger partial charge in [-0.25, -0.2) is 4.79 Å². The number of carbonyl (C=O) groups excluding carboxylic acids is 2. The Labute approximate surface area is 174 Å². The van der Waals surface area contributed by atoms with Gasteiger partial charge in [-0.05, 0) is 56.9 Å². The van der Waals surface area contributed by atoms with E-state index in [-0.39, 0.29) is 18.0 Å². The van der Waals surface area contributed by atoms with Crippen molar-refractivity contribution >= 4 is 23.6 Å². The average molecular weight is 418 g/mol. The second kappa shape index (κ2) is 8.06. The quantitative estimate of drug-likeness (QED) is 0.800. The molecule has 1 aromatic carbocycles. The molecule has 1 N–H and O–H groups in total. The number of nitrogens with one attached hydrogen (secondary N) is 1. The fraction of sp³-hybridized carbons (Fsp3) is 0.476. The summed E-state index contributed by atoms with van der Waals surface area (Å²) in [7, 11) is 0. The van der Waals surface area contributed by atoms with Crippen molar-refractivity contribution in [3.05, 3.63) is 41.0 Å². The number of nitrogens with zero attached hydrogens (tertiary/aromatic N) is 2. The summed E-state index contributed by atoms with van der Waals surface area (Å²) >= 11 is 5.94. The van der Waals surface area contributed by atoms with Crippen LogP contribution in [0.3, 0.4) is 0 Å². The van der Waals surface area contributed by atoms with Gasteiger partial charge in [-0.1, -0.05) is 16.8 Å². The monoisotopic (exact) mass is 417 g/mol. The van der Waals surface area contributed by atoms with Crippen LogP contribution in [0.5, 0.6) is 0 Å². The lowest BCUT2D eigenvalue weighted by Crippen LogP contribution is -2.49. The predicted octanol–water partition coefficient (Wildman–Crippen LogP) is 3.76. The predicted molar refractivity (Wildman–Crippen MR) is 108 cm³/mol. The maximum Gasteiger partial charge on any atom is 0.409 e. The van der Waals surface area contributed by atoms with Crippen molar-refractivity contribution in [2.75, 3.05) is 19.7 Å². The molecule has 2 amide bonds. The fourth-order valence-corrected chi connectivity index (χ4v) is 3.85. The maximum absolute atomic E-state index is 13.0. The summed E-state index contributed by atoms with van der Waals surface area (Å²) in [5.74, 6) is 0.613. The zero-order chi connectivity index (χ0) is 20.4. The lowest BCUT2D eigenvalue weighted by molar-refractivity contribution is -0.124. The molecule has 7 nitrogen and oxygen atoms in total. The van der Waals surface area contributed by atoms with Gasteiger partial charge >= 0.3 is 6.09 Å². The second-order valence-corrected chi connectivity index (χ2v) is 8.04. The van der Waals surface area contributed by atoms with Crippen LogP contribution in [0.25, 0.3) is 11.3 Å². The van der Waals surface area contributed by atoms with E-state index in [1.165, 1.54) is 0 Å². The summed E-state index contributed by atoms with van der Waals surface area (Å²) in [6.07, 6.45) is 2.67. The zero-order valence-corrected chi connectivity index (χ0v) is 17.1. The van der Waals surface area contributed by atoms with Crippen molar-refractivity contribution in [2.45, 2.75) is 44.1 Å². The number of carbonyl (C=O) groups is 2. The molecule has 2 fully saturated rings. The van der Waals surface area contributed by atoms with Crippen LogP contribution in [0.1, 0.15) is 38.3 Å². The van der Waals surface area contributed by atoms with Gasteiger partial charge in [0, 0.05) is 35.8 Å². The molecule has 1 saturated heterocycles. The Kier molecular flexibility index (Phi) is 5.50. The van der Waals surface area contributed by atoms with Crippen LogP contribution in [0.2, 0.25) is 5.02 Å². The number of benzene rings is 1. The van der Waals surface area contributed by atoms with E-state index in [1.807, 2.05) is 18.2 Å². The van der Waals surface area contributed by atoms with Crippen LogP contribution in [0.4, 0.5) is 4.79 Å². The Morgan fingerprint density at radius 1 is 1.28 bits per heavy atom. The molecule has 29 heavy (non-hydrogen) atoms. The van der Waals surface area contributed by atoms with Gasteiger partial charge in [-0.2, -0.15) is 0 Å². The minimum absolute atomic E-state index is 0.0111. The van der Waals surface area contributed by atoms with Crippen LogP contribution in [0, 0.1) is 0 Å². The Morgan fingerprint density at radius 3 is 2.59 bits per heavy atom. The average Bonchev–Trinajstić information content (AvgIpc) is 3.39. The first-order valence-corrected chi connectivity index (χ1v) is 10.4. The molecule has 0 bridgehead atoms. The summed E-state index contributed by atoms with van der Waals surface area (Å²) in [4.78, 5) is 26.5. The molecule has 0 atom stereocenters. The molecule has 0 unspecified atom stereocenters. The number of likely N-dealkylation sites (tertiary alicyclic amines) is 1. The highest BCUT2D eigenvalue weighted by Gasteiger charge is 2.54. The van der Waals surface area contributed by atoms with Gasteiger partial charge in [-0.15, -0.1) is 0 Å². The molecule has 1 saturated carbocycles. The molecular formula is C21H24ClN3O4. The first-order valence-electron chi connectivity index (χ1n) is 9.97. The van der Waals surface area contributed by atoms with Gasteiger partial charge in [0.05, 0.1) is 17.7 Å². The van der Waals surface area contributed by atoms with E-state index >= 15 is 0 Å². The lowest BCUT2D eigenvalue weighted by atomic mass is 9.98. The summed E-state index contributed by atoms with van der Waals surface area (Å²) in [5, 5.41) is 7.99. The highest BCUT2D eigenvalue weighted by Crippen LogP contribution is 2.48. The number of halogens is 1. The van der Waals surface area contributed by atoms with Crippen molar-refractivity contribution in [1.29, 1.82) is 0 Å². The van der Waals surface area contributed by atoms with Gasteiger partial charge in [0.2, 0.25) is 5.91 Å². The number of piperidine rings is 1. The molecule has 4 rings (SSSR count). The SMILES string of the molecule is CCOC(=O)N1CCC(NC(=O)C2(c3cc(-c4ccc(Cl)cc4)on3)CC2)CC1. The van der Waals surface area contributed by atoms with Crippen LogP contribution in [0.15, 0.2) is 34.9 Å². The van der Waals surface area contributed by atoms with Gasteiger partial charge in [-0.3, -0.25) is 4.79 Å². The molecule has 0 spiro atoms. The highest BCUT2D eigenvalue weighted by atomic mass is 35.5. The van der Waals surface area contributed by atoms with Gasteiger partial charge in [0.25, 0.3) is 0 Å². The number of hydrogen-bond acceptors (Lipinski definition) is 5. The Balaban J connectivity index is 1.37. The topological polar surface area (TPSA) is 84.7 Å². The van der Waals surface area contributed by atoms with E-state index in [0.29, 0.717) is 36.2 Å². The van der Waals surface area contributed by atoms with Crippen molar-refractivity contribution in [1.82, 2.24) is 15.4 Å². The minimum atomic E-state index is -0.605. The standard InChI is InChI=1S/C21H24ClN3O4/c1-2-28-20(27)25-11-7-16(8-12-25)23-19(26)21(9-10-21)18-13-17(29-24-18)14-3-5-15(22)6-4-14/h3-6,13,16H,2,7-12H2,1H3,(H,23,26). The Hall–Kier alpha value is -2.54. The normalized spacial score (nSPS) is 18.3. The summed E-state index contributed by atoms with van der Waals surface area (Å²) in [6.45, 7) is 3.33. The fourth-order valence-electron chi connectivity index (χ4n) is 3.72. The highest BCUT2D eigenvalue weighted by molar-refractivity contribution is 6.30. The Bertz CT molecular complexity index is 884. The van der Waals surface area contributed by atoms with Crippen LogP contribution in [-0.2, 0) is 14.9 Å². The van der Waals surface area contributed by atoms with Gasteiger partial charge in [0.15, 0.2) is 5.76 Å². The summed E-state index contributed by atoms with van der Waals surface area (Å²) in [5.41, 5.74) is 0.937. The van der Waals surface area contributed by atoms with E-state index < -0.39 is 5.41 Å². The third kappa shape index (κ3) is 4.10. The first-order chi connectivity index (χ1) is 14.0. The van der Waals surface area contributed by atoms with Crippen molar-refractivity contribution < 1.29 is 18.8 Å². The number of hydrogen-bond donors (Lipinski definition) is 1. The van der Waals surface area contributed by atoms with Gasteiger partial charge in [0.1, 0.15) is 0 Å². The summed E-state index contributed by atoms with van der Waals surface area (Å²) < 4.78 is 10.5. The number of rotatable bonds is 5. The third-order valence-electron chi connectivity index (χ3n) is 5.67. The third-order valence-corrected chi connectivity index (χ3v) is 5.92. The molecule has 8 heteroatoms. The van der Waals surface area contributed by atoms with Crippen molar-refractivity contribution in [3.8, 4) is 11.3 Å². The van der Waals surface area contributed by atoms with Crippen LogP contribution >= 0.6 is 11.6 Å². The minimum Gasteiger partial charge on any atom is -0.450 e. The van der Waals surface area contributed by atoms with E-state index in [9.17, 15) is 9.59 Å². The number of amides is 2. The van der Waals surface area contributed by atoms with E-state index in [2.05, 4.69) is 10.5 Å². The molecule has 2 aliphatic rings. The zero-order valence-electron chi connectivity index (χ0n) is 16.3. The van der Waals surface area contributed by atoms with Crippen LogP contribution in [-0.4, -0.2) is 47.8 Å². The largest absolute Gasteiger partial charge is 0.450 e.